The molecule has 0 saturated carbocycles. The summed E-state index contributed by atoms with van der Waals surface area (Å²) in [5, 5.41) is 0. The normalized spacial score (nSPS) is 21.6. The first-order valence-corrected chi connectivity index (χ1v) is 8.47. The second kappa shape index (κ2) is 9.83. The van der Waals surface area contributed by atoms with Crippen molar-refractivity contribution < 1.29 is 23.0 Å². The molecule has 1 aromatic rings. The van der Waals surface area contributed by atoms with Crippen molar-refractivity contribution in [3.63, 3.8) is 0 Å². The maximum absolute atomic E-state index is 12.1. The van der Waals surface area contributed by atoms with Gasteiger partial charge in [-0.1, -0.05) is 51.2 Å². The van der Waals surface area contributed by atoms with Gasteiger partial charge in [-0.05, 0) is 18.6 Å². The van der Waals surface area contributed by atoms with Gasteiger partial charge in [0.25, 0.3) is 0 Å². The van der Waals surface area contributed by atoms with Crippen molar-refractivity contribution in [2.45, 2.75) is 58.4 Å². The van der Waals surface area contributed by atoms with Crippen LogP contribution in [0.3, 0.4) is 0 Å². The average Bonchev–Trinajstić information content (AvgIpc) is 2.55. The Morgan fingerprint density at radius 3 is 2.30 bits per heavy atom. The van der Waals surface area contributed by atoms with E-state index < -0.39 is 12.9 Å². The molecule has 1 aromatic carbocycles. The summed E-state index contributed by atoms with van der Waals surface area (Å²) in [6.07, 6.45) is 7.11. The van der Waals surface area contributed by atoms with Gasteiger partial charge in [0.05, 0.1) is 13.2 Å². The molecule has 0 aromatic heterocycles. The van der Waals surface area contributed by atoms with E-state index in [1.807, 2.05) is 0 Å². The van der Waals surface area contributed by atoms with Crippen LogP contribution in [0.15, 0.2) is 24.3 Å². The Kier molecular flexibility index (Phi) is 7.76. The zero-order valence-electron chi connectivity index (χ0n) is 13.7. The fraction of sp³-hybridized carbons (Fsp3) is 0.667. The molecule has 0 bridgehead atoms. The maximum Gasteiger partial charge on any atom is 0.387 e. The van der Waals surface area contributed by atoms with Crippen molar-refractivity contribution in [2.75, 3.05) is 13.2 Å². The zero-order valence-corrected chi connectivity index (χ0v) is 13.7. The quantitative estimate of drug-likeness (QED) is 0.575. The van der Waals surface area contributed by atoms with Crippen molar-refractivity contribution in [3.05, 3.63) is 29.8 Å². The van der Waals surface area contributed by atoms with Gasteiger partial charge >= 0.3 is 6.61 Å². The van der Waals surface area contributed by atoms with Gasteiger partial charge in [0.15, 0.2) is 6.29 Å². The van der Waals surface area contributed by atoms with Crippen LogP contribution in [0, 0.1) is 5.92 Å². The van der Waals surface area contributed by atoms with Crippen LogP contribution in [-0.2, 0) is 9.47 Å². The van der Waals surface area contributed by atoms with Crippen LogP contribution in [0.1, 0.15) is 57.3 Å². The van der Waals surface area contributed by atoms with Crippen LogP contribution in [0.25, 0.3) is 0 Å². The third-order valence-corrected chi connectivity index (χ3v) is 4.06. The van der Waals surface area contributed by atoms with Crippen LogP contribution in [-0.4, -0.2) is 19.8 Å². The smallest absolute Gasteiger partial charge is 0.387 e. The topological polar surface area (TPSA) is 27.7 Å². The van der Waals surface area contributed by atoms with Crippen LogP contribution in [0.4, 0.5) is 8.78 Å². The van der Waals surface area contributed by atoms with Gasteiger partial charge in [-0.25, -0.2) is 0 Å². The molecule has 0 amide bonds. The van der Waals surface area contributed by atoms with Crippen molar-refractivity contribution in [2.24, 2.45) is 5.92 Å². The fourth-order valence-electron chi connectivity index (χ4n) is 2.75. The molecule has 0 aliphatic carbocycles. The van der Waals surface area contributed by atoms with Crippen molar-refractivity contribution >= 4 is 0 Å². The first-order chi connectivity index (χ1) is 11.2. The van der Waals surface area contributed by atoms with Crippen molar-refractivity contribution in [3.8, 4) is 5.75 Å². The van der Waals surface area contributed by atoms with Gasteiger partial charge in [0, 0.05) is 11.5 Å². The molecule has 0 radical (unpaired) electrons. The lowest BCUT2D eigenvalue weighted by atomic mass is 10.0. The maximum atomic E-state index is 12.1. The van der Waals surface area contributed by atoms with Gasteiger partial charge in [-0.2, -0.15) is 8.78 Å². The van der Waals surface area contributed by atoms with E-state index in [-0.39, 0.29) is 5.75 Å². The summed E-state index contributed by atoms with van der Waals surface area (Å²) < 4.78 is 40.1. The summed E-state index contributed by atoms with van der Waals surface area (Å²) in [6.45, 7) is 0.789. The lowest BCUT2D eigenvalue weighted by Crippen LogP contribution is -2.27. The van der Waals surface area contributed by atoms with Gasteiger partial charge in [0.1, 0.15) is 5.75 Å². The van der Waals surface area contributed by atoms with Gasteiger partial charge in [-0.3, -0.25) is 0 Å². The zero-order chi connectivity index (χ0) is 16.5. The summed E-state index contributed by atoms with van der Waals surface area (Å²) in [6, 6.07) is 6.42. The summed E-state index contributed by atoms with van der Waals surface area (Å²) in [4.78, 5) is 0. The molecule has 2 rings (SSSR count). The van der Waals surface area contributed by atoms with E-state index in [4.69, 9.17) is 9.47 Å². The molecule has 0 unspecified atom stereocenters. The Hall–Kier alpha value is -1.20. The molecular formula is C18H26F2O3. The number of halogens is 2. The molecule has 1 aliphatic rings. The molecule has 3 nitrogen and oxygen atoms in total. The SMILES string of the molecule is CCCCCCCC1COC(c2ccc(OC(F)F)cc2)OC1. The molecule has 1 heterocycles. The number of hydrogen-bond donors (Lipinski definition) is 0. The molecule has 130 valence electrons. The molecule has 5 heteroatoms. The monoisotopic (exact) mass is 328 g/mol. The number of ether oxygens (including phenoxy) is 3. The number of benzene rings is 1. The minimum Gasteiger partial charge on any atom is -0.435 e. The lowest BCUT2D eigenvalue weighted by Gasteiger charge is -2.29. The summed E-state index contributed by atoms with van der Waals surface area (Å²) in [5.74, 6) is 0.596. The second-order valence-corrected chi connectivity index (χ2v) is 6.02. The molecular weight excluding hydrogens is 302 g/mol. The third-order valence-electron chi connectivity index (χ3n) is 4.06. The van der Waals surface area contributed by atoms with Gasteiger partial charge in [-0.15, -0.1) is 0 Å². The van der Waals surface area contributed by atoms with Gasteiger partial charge < -0.3 is 14.2 Å². The molecule has 0 spiro atoms. The first-order valence-electron chi connectivity index (χ1n) is 8.47. The minimum absolute atomic E-state index is 0.143. The summed E-state index contributed by atoms with van der Waals surface area (Å²) in [7, 11) is 0. The van der Waals surface area contributed by atoms with E-state index in [0.717, 1.165) is 12.0 Å². The van der Waals surface area contributed by atoms with E-state index >= 15 is 0 Å². The molecule has 1 aliphatic heterocycles. The van der Waals surface area contributed by atoms with E-state index in [9.17, 15) is 8.78 Å². The van der Waals surface area contributed by atoms with E-state index in [2.05, 4.69) is 11.7 Å². The Morgan fingerprint density at radius 2 is 1.70 bits per heavy atom. The fourth-order valence-corrected chi connectivity index (χ4v) is 2.75. The molecule has 1 saturated heterocycles. The number of rotatable bonds is 9. The van der Waals surface area contributed by atoms with Crippen LogP contribution in [0.5, 0.6) is 5.75 Å². The van der Waals surface area contributed by atoms with Crippen molar-refractivity contribution in [1.29, 1.82) is 0 Å². The van der Waals surface area contributed by atoms with Crippen molar-refractivity contribution in [1.82, 2.24) is 0 Å². The lowest BCUT2D eigenvalue weighted by molar-refractivity contribution is -0.206. The Balaban J connectivity index is 1.69. The minimum atomic E-state index is -2.80. The summed E-state index contributed by atoms with van der Waals surface area (Å²) in [5.41, 5.74) is 0.827. The highest BCUT2D eigenvalue weighted by molar-refractivity contribution is 5.28. The standard InChI is InChI=1S/C18H26F2O3/c1-2-3-4-5-6-7-14-12-21-17(22-13-14)15-8-10-16(11-9-15)23-18(19)20/h8-11,14,17-18H,2-7,12-13H2,1H3. The molecule has 23 heavy (non-hydrogen) atoms. The Bertz CT molecular complexity index is 428. The summed E-state index contributed by atoms with van der Waals surface area (Å²) >= 11 is 0. The van der Waals surface area contributed by atoms with Crippen LogP contribution in [0.2, 0.25) is 0 Å². The van der Waals surface area contributed by atoms with Gasteiger partial charge in [0.2, 0.25) is 0 Å². The Labute approximate surface area is 136 Å². The highest BCUT2D eigenvalue weighted by Gasteiger charge is 2.23. The highest BCUT2D eigenvalue weighted by Crippen LogP contribution is 2.28. The van der Waals surface area contributed by atoms with E-state index in [0.29, 0.717) is 19.1 Å². The Morgan fingerprint density at radius 1 is 1.04 bits per heavy atom. The first kappa shape index (κ1) is 18.1. The van der Waals surface area contributed by atoms with Crippen LogP contribution < -0.4 is 4.74 Å². The second-order valence-electron chi connectivity index (χ2n) is 6.02. The molecule has 1 fully saturated rings. The largest absolute Gasteiger partial charge is 0.435 e. The molecule has 0 N–H and O–H groups in total. The van der Waals surface area contributed by atoms with E-state index in [1.165, 1.54) is 44.2 Å². The average molecular weight is 328 g/mol. The number of hydrogen-bond acceptors (Lipinski definition) is 3. The van der Waals surface area contributed by atoms with E-state index in [1.54, 1.807) is 12.1 Å². The molecule has 0 atom stereocenters. The highest BCUT2D eigenvalue weighted by atomic mass is 19.3. The number of unbranched alkanes of at least 4 members (excludes halogenated alkanes) is 4. The van der Waals surface area contributed by atoms with Crippen LogP contribution >= 0.6 is 0 Å². The predicted octanol–water partition coefficient (Wildman–Crippen LogP) is 5.31. The predicted molar refractivity (Wildman–Crippen MR) is 84.6 cm³/mol. The third kappa shape index (κ3) is 6.43. The number of alkyl halides is 2.